The standard InChI is InChI=1S/C15H20O2/c1-11-5-7-12(8-6-11)14(2)9-4-10-15(14,3)13(16)17/h5-8H,4,9-10H2,1-3H3,(H,16,17)/t14-,15+/m0/s1. The number of hydrogen-bond donors (Lipinski definition) is 1. The van der Waals surface area contributed by atoms with Gasteiger partial charge in [0.1, 0.15) is 0 Å². The fourth-order valence-corrected chi connectivity index (χ4v) is 3.07. The zero-order chi connectivity index (χ0) is 12.7. The molecule has 0 aromatic heterocycles. The molecule has 0 bridgehead atoms. The van der Waals surface area contributed by atoms with Gasteiger partial charge < -0.3 is 5.11 Å². The van der Waals surface area contributed by atoms with Gasteiger partial charge in [-0.1, -0.05) is 43.2 Å². The lowest BCUT2D eigenvalue weighted by atomic mass is 9.64. The van der Waals surface area contributed by atoms with E-state index in [0.29, 0.717) is 0 Å². The van der Waals surface area contributed by atoms with Crippen molar-refractivity contribution in [3.05, 3.63) is 35.4 Å². The molecule has 1 aliphatic carbocycles. The highest BCUT2D eigenvalue weighted by Gasteiger charge is 2.54. The third-order valence-electron chi connectivity index (χ3n) is 4.73. The molecule has 17 heavy (non-hydrogen) atoms. The maximum absolute atomic E-state index is 11.6. The Morgan fingerprint density at radius 3 is 2.29 bits per heavy atom. The van der Waals surface area contributed by atoms with Gasteiger partial charge in [0.2, 0.25) is 0 Å². The average Bonchev–Trinajstić information content (AvgIpc) is 2.58. The third-order valence-corrected chi connectivity index (χ3v) is 4.73. The van der Waals surface area contributed by atoms with Crippen molar-refractivity contribution in [2.24, 2.45) is 5.41 Å². The maximum Gasteiger partial charge on any atom is 0.310 e. The van der Waals surface area contributed by atoms with Crippen LogP contribution in [-0.4, -0.2) is 11.1 Å². The van der Waals surface area contributed by atoms with E-state index in [-0.39, 0.29) is 5.41 Å². The minimum atomic E-state index is -0.668. The molecular formula is C15H20O2. The summed E-state index contributed by atoms with van der Waals surface area (Å²) in [4.78, 5) is 11.6. The number of carbonyl (C=O) groups is 1. The van der Waals surface area contributed by atoms with Crippen LogP contribution in [0.4, 0.5) is 0 Å². The van der Waals surface area contributed by atoms with Gasteiger partial charge in [0.25, 0.3) is 0 Å². The lowest BCUT2D eigenvalue weighted by Gasteiger charge is -2.38. The summed E-state index contributed by atoms with van der Waals surface area (Å²) in [6.07, 6.45) is 2.72. The Balaban J connectivity index is 2.48. The van der Waals surface area contributed by atoms with E-state index in [1.807, 2.05) is 6.92 Å². The van der Waals surface area contributed by atoms with E-state index in [1.54, 1.807) is 0 Å². The van der Waals surface area contributed by atoms with Crippen molar-refractivity contribution in [3.8, 4) is 0 Å². The van der Waals surface area contributed by atoms with Gasteiger partial charge >= 0.3 is 5.97 Å². The van der Waals surface area contributed by atoms with Gasteiger partial charge in [0.05, 0.1) is 5.41 Å². The molecule has 1 aromatic rings. The Kier molecular flexibility index (Phi) is 2.76. The van der Waals surface area contributed by atoms with Crippen molar-refractivity contribution in [2.45, 2.75) is 45.4 Å². The summed E-state index contributed by atoms with van der Waals surface area (Å²) in [5.74, 6) is -0.668. The molecule has 2 atom stereocenters. The van der Waals surface area contributed by atoms with Crippen LogP contribution in [0, 0.1) is 12.3 Å². The number of benzene rings is 1. The van der Waals surface area contributed by atoms with Crippen LogP contribution < -0.4 is 0 Å². The van der Waals surface area contributed by atoms with Gasteiger partial charge in [0.15, 0.2) is 0 Å². The van der Waals surface area contributed by atoms with E-state index in [0.717, 1.165) is 24.8 Å². The first kappa shape index (κ1) is 12.2. The van der Waals surface area contributed by atoms with Gasteiger partial charge in [-0.15, -0.1) is 0 Å². The number of carboxylic acids is 1. The number of rotatable bonds is 2. The summed E-state index contributed by atoms with van der Waals surface area (Å²) in [5, 5.41) is 9.52. The van der Waals surface area contributed by atoms with E-state index in [9.17, 15) is 9.90 Å². The normalized spacial score (nSPS) is 32.6. The van der Waals surface area contributed by atoms with E-state index in [4.69, 9.17) is 0 Å². The summed E-state index contributed by atoms with van der Waals surface area (Å²) < 4.78 is 0. The van der Waals surface area contributed by atoms with Crippen molar-refractivity contribution in [3.63, 3.8) is 0 Å². The van der Waals surface area contributed by atoms with Gasteiger partial charge in [-0.3, -0.25) is 4.79 Å². The molecule has 2 nitrogen and oxygen atoms in total. The van der Waals surface area contributed by atoms with Gasteiger partial charge in [-0.2, -0.15) is 0 Å². The highest BCUT2D eigenvalue weighted by molar-refractivity contribution is 5.77. The molecule has 2 heteroatoms. The van der Waals surface area contributed by atoms with E-state index in [1.165, 1.54) is 5.56 Å². The summed E-state index contributed by atoms with van der Waals surface area (Å²) in [6, 6.07) is 8.31. The third kappa shape index (κ3) is 1.67. The Morgan fingerprint density at radius 1 is 1.18 bits per heavy atom. The van der Waals surface area contributed by atoms with Crippen molar-refractivity contribution in [1.29, 1.82) is 0 Å². The predicted molar refractivity (Wildman–Crippen MR) is 68.1 cm³/mol. The summed E-state index contributed by atoms with van der Waals surface area (Å²) in [6.45, 7) is 6.04. The monoisotopic (exact) mass is 232 g/mol. The maximum atomic E-state index is 11.6. The molecule has 1 aliphatic rings. The molecule has 1 saturated carbocycles. The lowest BCUT2D eigenvalue weighted by Crippen LogP contribution is -2.42. The second-order valence-electron chi connectivity index (χ2n) is 5.69. The zero-order valence-corrected chi connectivity index (χ0v) is 10.8. The summed E-state index contributed by atoms with van der Waals surface area (Å²) in [7, 11) is 0. The van der Waals surface area contributed by atoms with Crippen molar-refractivity contribution in [2.75, 3.05) is 0 Å². The van der Waals surface area contributed by atoms with Crippen LogP contribution in [0.5, 0.6) is 0 Å². The van der Waals surface area contributed by atoms with Crippen molar-refractivity contribution >= 4 is 5.97 Å². The Hall–Kier alpha value is -1.31. The quantitative estimate of drug-likeness (QED) is 0.847. The number of carboxylic acid groups (broad SMARTS) is 1. The van der Waals surface area contributed by atoms with Crippen LogP contribution >= 0.6 is 0 Å². The highest BCUT2D eigenvalue weighted by atomic mass is 16.4. The topological polar surface area (TPSA) is 37.3 Å². The first-order valence-corrected chi connectivity index (χ1v) is 6.21. The first-order chi connectivity index (χ1) is 7.90. The van der Waals surface area contributed by atoms with E-state index in [2.05, 4.69) is 38.1 Å². The Bertz CT molecular complexity index is 435. The molecule has 0 spiro atoms. The van der Waals surface area contributed by atoms with Crippen LogP contribution in [0.2, 0.25) is 0 Å². The average molecular weight is 232 g/mol. The van der Waals surface area contributed by atoms with Crippen molar-refractivity contribution < 1.29 is 9.90 Å². The number of hydrogen-bond acceptors (Lipinski definition) is 1. The van der Waals surface area contributed by atoms with Crippen LogP contribution in [0.25, 0.3) is 0 Å². The second-order valence-corrected chi connectivity index (χ2v) is 5.69. The second kappa shape index (κ2) is 3.86. The van der Waals surface area contributed by atoms with Crippen LogP contribution in [0.1, 0.15) is 44.2 Å². The van der Waals surface area contributed by atoms with Crippen LogP contribution in [0.15, 0.2) is 24.3 Å². The molecule has 0 amide bonds. The first-order valence-electron chi connectivity index (χ1n) is 6.21. The molecule has 0 saturated heterocycles. The molecule has 1 aromatic carbocycles. The van der Waals surface area contributed by atoms with E-state index >= 15 is 0 Å². The summed E-state index contributed by atoms with van der Waals surface area (Å²) in [5.41, 5.74) is 1.49. The molecule has 1 N–H and O–H groups in total. The fourth-order valence-electron chi connectivity index (χ4n) is 3.07. The van der Waals surface area contributed by atoms with Gasteiger partial charge in [0, 0.05) is 5.41 Å². The SMILES string of the molecule is Cc1ccc([C@]2(C)CCC[C@]2(C)C(=O)O)cc1. The molecule has 1 fully saturated rings. The van der Waals surface area contributed by atoms with Gasteiger partial charge in [-0.25, -0.2) is 0 Å². The minimum Gasteiger partial charge on any atom is -0.481 e. The fraction of sp³-hybridized carbons (Fsp3) is 0.533. The van der Waals surface area contributed by atoms with Crippen LogP contribution in [-0.2, 0) is 10.2 Å². The zero-order valence-electron chi connectivity index (χ0n) is 10.8. The van der Waals surface area contributed by atoms with E-state index < -0.39 is 11.4 Å². The molecular weight excluding hydrogens is 212 g/mol. The minimum absolute atomic E-state index is 0.244. The lowest BCUT2D eigenvalue weighted by molar-refractivity contribution is -0.150. The van der Waals surface area contributed by atoms with Gasteiger partial charge in [-0.05, 0) is 32.3 Å². The highest BCUT2D eigenvalue weighted by Crippen LogP contribution is 2.54. The smallest absolute Gasteiger partial charge is 0.310 e. The molecule has 2 rings (SSSR count). The predicted octanol–water partition coefficient (Wildman–Crippen LogP) is 3.53. The van der Waals surface area contributed by atoms with Crippen molar-refractivity contribution in [1.82, 2.24) is 0 Å². The largest absolute Gasteiger partial charge is 0.481 e. The molecule has 0 aliphatic heterocycles. The molecule has 92 valence electrons. The summed E-state index contributed by atoms with van der Waals surface area (Å²) >= 11 is 0. The molecule has 0 heterocycles. The molecule has 0 radical (unpaired) electrons. The van der Waals surface area contributed by atoms with Crippen LogP contribution in [0.3, 0.4) is 0 Å². The Morgan fingerprint density at radius 2 is 1.76 bits per heavy atom. The number of aliphatic carboxylic acids is 1. The molecule has 0 unspecified atom stereocenters. The Labute approximate surface area is 103 Å². The number of aryl methyl sites for hydroxylation is 1.